The number of nitrogens with one attached hydrogen (secondary N) is 1. The number of nitrogens with zero attached hydrogens (tertiary/aromatic N) is 2. The van der Waals surface area contributed by atoms with Crippen molar-refractivity contribution >= 4 is 46.8 Å². The number of ether oxygens (including phenoxy) is 1. The smallest absolute Gasteiger partial charge is 0.260 e. The highest BCUT2D eigenvalue weighted by Crippen LogP contribution is 2.29. The van der Waals surface area contributed by atoms with Crippen LogP contribution in [-0.2, 0) is 9.59 Å². The normalized spacial score (nSPS) is 15.3. The average Bonchev–Trinajstić information content (AvgIpc) is 3.29. The van der Waals surface area contributed by atoms with Crippen molar-refractivity contribution in [2.75, 3.05) is 36.6 Å². The van der Waals surface area contributed by atoms with Gasteiger partial charge in [0.1, 0.15) is 11.8 Å². The first-order valence-electron chi connectivity index (χ1n) is 10.4. The second kappa shape index (κ2) is 11.2. The van der Waals surface area contributed by atoms with Crippen molar-refractivity contribution < 1.29 is 19.1 Å². The predicted octanol–water partition coefficient (Wildman–Crippen LogP) is 3.74. The Bertz CT molecular complexity index is 969. The van der Waals surface area contributed by atoms with Crippen molar-refractivity contribution in [2.45, 2.75) is 19.9 Å². The molecule has 0 aliphatic carbocycles. The highest BCUT2D eigenvalue weighted by molar-refractivity contribution is 7.99. The van der Waals surface area contributed by atoms with E-state index >= 15 is 0 Å². The predicted molar refractivity (Wildman–Crippen MR) is 127 cm³/mol. The SMILES string of the molecule is CCN(CC)C(=O)COc1ccc(NC(=O)[C@@H]2CSCN2C(=O)c2ccccc2)cc1Cl. The second-order valence-electron chi connectivity index (χ2n) is 7.15. The molecule has 7 nitrogen and oxygen atoms in total. The minimum absolute atomic E-state index is 0.108. The van der Waals surface area contributed by atoms with E-state index in [1.54, 1.807) is 52.3 Å². The fourth-order valence-electron chi connectivity index (χ4n) is 3.33. The van der Waals surface area contributed by atoms with E-state index < -0.39 is 6.04 Å². The number of halogens is 1. The summed E-state index contributed by atoms with van der Waals surface area (Å²) < 4.78 is 5.55. The van der Waals surface area contributed by atoms with Crippen LogP contribution >= 0.6 is 23.4 Å². The molecule has 3 amide bonds. The van der Waals surface area contributed by atoms with Crippen LogP contribution in [0.5, 0.6) is 5.75 Å². The van der Waals surface area contributed by atoms with Gasteiger partial charge in [0.15, 0.2) is 6.61 Å². The lowest BCUT2D eigenvalue weighted by atomic mass is 10.1. The first-order chi connectivity index (χ1) is 15.4. The Balaban J connectivity index is 1.62. The molecule has 0 aromatic heterocycles. The van der Waals surface area contributed by atoms with Gasteiger partial charge >= 0.3 is 0 Å². The number of amides is 3. The monoisotopic (exact) mass is 475 g/mol. The van der Waals surface area contributed by atoms with Gasteiger partial charge in [-0.3, -0.25) is 14.4 Å². The molecule has 2 aromatic carbocycles. The maximum absolute atomic E-state index is 12.9. The topological polar surface area (TPSA) is 79.0 Å². The van der Waals surface area contributed by atoms with Gasteiger partial charge in [0.05, 0.1) is 10.9 Å². The van der Waals surface area contributed by atoms with Crippen LogP contribution < -0.4 is 10.1 Å². The first kappa shape index (κ1) is 23.9. The lowest BCUT2D eigenvalue weighted by Gasteiger charge is -2.23. The quantitative estimate of drug-likeness (QED) is 0.629. The van der Waals surface area contributed by atoms with E-state index in [-0.39, 0.29) is 29.4 Å². The molecule has 0 bridgehead atoms. The van der Waals surface area contributed by atoms with E-state index in [0.717, 1.165) is 0 Å². The van der Waals surface area contributed by atoms with E-state index in [1.165, 1.54) is 11.8 Å². The van der Waals surface area contributed by atoms with Crippen LogP contribution in [0.25, 0.3) is 0 Å². The second-order valence-corrected chi connectivity index (χ2v) is 8.55. The van der Waals surface area contributed by atoms with Crippen molar-refractivity contribution in [1.82, 2.24) is 9.80 Å². The molecule has 1 saturated heterocycles. The highest BCUT2D eigenvalue weighted by Gasteiger charge is 2.35. The molecule has 1 fully saturated rings. The number of benzene rings is 2. The summed E-state index contributed by atoms with van der Waals surface area (Å²) >= 11 is 7.83. The van der Waals surface area contributed by atoms with Crippen molar-refractivity contribution in [1.29, 1.82) is 0 Å². The van der Waals surface area contributed by atoms with E-state index in [0.29, 0.717) is 41.7 Å². The van der Waals surface area contributed by atoms with Crippen molar-refractivity contribution in [2.24, 2.45) is 0 Å². The summed E-state index contributed by atoms with van der Waals surface area (Å²) in [4.78, 5) is 41.0. The maximum atomic E-state index is 12.9. The molecule has 1 aliphatic rings. The molecule has 32 heavy (non-hydrogen) atoms. The van der Waals surface area contributed by atoms with Crippen LogP contribution in [-0.4, -0.2) is 64.9 Å². The number of carbonyl (C=O) groups is 3. The summed E-state index contributed by atoms with van der Waals surface area (Å²) in [5, 5.41) is 3.11. The summed E-state index contributed by atoms with van der Waals surface area (Å²) in [5.41, 5.74) is 1.04. The number of anilines is 1. The van der Waals surface area contributed by atoms with Crippen LogP contribution in [0, 0.1) is 0 Å². The largest absolute Gasteiger partial charge is 0.482 e. The van der Waals surface area contributed by atoms with Gasteiger partial charge < -0.3 is 19.9 Å². The molecule has 1 atom stereocenters. The summed E-state index contributed by atoms with van der Waals surface area (Å²) in [5.74, 6) is 0.774. The van der Waals surface area contributed by atoms with Gasteiger partial charge in [-0.15, -0.1) is 11.8 Å². The van der Waals surface area contributed by atoms with Crippen LogP contribution in [0.4, 0.5) is 5.69 Å². The molecule has 3 rings (SSSR count). The number of carbonyl (C=O) groups excluding carboxylic acids is 3. The third kappa shape index (κ3) is 5.75. The van der Waals surface area contributed by atoms with E-state index in [2.05, 4.69) is 5.32 Å². The Morgan fingerprint density at radius 3 is 2.53 bits per heavy atom. The number of hydrogen-bond acceptors (Lipinski definition) is 5. The van der Waals surface area contributed by atoms with Gasteiger partial charge in [0.2, 0.25) is 5.91 Å². The molecule has 1 N–H and O–H groups in total. The van der Waals surface area contributed by atoms with Crippen LogP contribution in [0.3, 0.4) is 0 Å². The van der Waals surface area contributed by atoms with Crippen molar-refractivity contribution in [3.63, 3.8) is 0 Å². The number of likely N-dealkylation sites (N-methyl/N-ethyl adjacent to an activating group) is 1. The first-order valence-corrected chi connectivity index (χ1v) is 11.9. The van der Waals surface area contributed by atoms with Crippen LogP contribution in [0.15, 0.2) is 48.5 Å². The molecular formula is C23H26ClN3O4S. The van der Waals surface area contributed by atoms with Gasteiger partial charge in [-0.05, 0) is 44.2 Å². The molecule has 0 unspecified atom stereocenters. The Kier molecular flexibility index (Phi) is 8.41. The number of rotatable bonds is 8. The Labute approximate surface area is 197 Å². The molecule has 0 radical (unpaired) electrons. The van der Waals surface area contributed by atoms with Crippen molar-refractivity contribution in [3.8, 4) is 5.75 Å². The molecule has 1 aliphatic heterocycles. The Morgan fingerprint density at radius 1 is 1.16 bits per heavy atom. The lowest BCUT2D eigenvalue weighted by Crippen LogP contribution is -2.44. The van der Waals surface area contributed by atoms with Crippen LogP contribution in [0.2, 0.25) is 5.02 Å². The third-order valence-electron chi connectivity index (χ3n) is 5.13. The fraction of sp³-hybridized carbons (Fsp3) is 0.348. The molecule has 0 saturated carbocycles. The van der Waals surface area contributed by atoms with E-state index in [9.17, 15) is 14.4 Å². The summed E-state index contributed by atoms with van der Waals surface area (Å²) in [6, 6.07) is 13.2. The molecule has 9 heteroatoms. The van der Waals surface area contributed by atoms with Gasteiger partial charge in [-0.2, -0.15) is 0 Å². The standard InChI is InChI=1S/C23H26ClN3O4S/c1-3-26(4-2)21(28)13-31-20-11-10-17(12-18(20)24)25-22(29)19-14-32-15-27(19)23(30)16-8-6-5-7-9-16/h5-12,19H,3-4,13-15H2,1-2H3,(H,25,29)/t19-/m0/s1. The third-order valence-corrected chi connectivity index (χ3v) is 6.44. The molecular weight excluding hydrogens is 450 g/mol. The molecule has 2 aromatic rings. The fourth-order valence-corrected chi connectivity index (χ4v) is 4.72. The zero-order valence-electron chi connectivity index (χ0n) is 18.0. The van der Waals surface area contributed by atoms with Gasteiger partial charge in [-0.25, -0.2) is 0 Å². The molecule has 170 valence electrons. The summed E-state index contributed by atoms with van der Waals surface area (Å²) in [6.45, 7) is 4.93. The average molecular weight is 476 g/mol. The van der Waals surface area contributed by atoms with Gasteiger partial charge in [0.25, 0.3) is 11.8 Å². The number of hydrogen-bond donors (Lipinski definition) is 1. The zero-order valence-corrected chi connectivity index (χ0v) is 19.6. The minimum Gasteiger partial charge on any atom is -0.482 e. The van der Waals surface area contributed by atoms with E-state index in [1.807, 2.05) is 19.9 Å². The maximum Gasteiger partial charge on any atom is 0.260 e. The summed E-state index contributed by atoms with van der Waals surface area (Å²) in [7, 11) is 0. The Morgan fingerprint density at radius 2 is 1.88 bits per heavy atom. The summed E-state index contributed by atoms with van der Waals surface area (Å²) in [6.07, 6.45) is 0. The van der Waals surface area contributed by atoms with Gasteiger partial charge in [0, 0.05) is 30.1 Å². The molecule has 1 heterocycles. The lowest BCUT2D eigenvalue weighted by molar-refractivity contribution is -0.133. The number of thioether (sulfide) groups is 1. The molecule has 0 spiro atoms. The van der Waals surface area contributed by atoms with E-state index in [4.69, 9.17) is 16.3 Å². The highest BCUT2D eigenvalue weighted by atomic mass is 35.5. The van der Waals surface area contributed by atoms with Crippen molar-refractivity contribution in [3.05, 3.63) is 59.1 Å². The van der Waals surface area contributed by atoms with Gasteiger partial charge in [-0.1, -0.05) is 29.8 Å². The van der Waals surface area contributed by atoms with Crippen LogP contribution in [0.1, 0.15) is 24.2 Å². The Hall–Kier alpha value is -2.71. The minimum atomic E-state index is -0.575. The zero-order chi connectivity index (χ0) is 23.1.